The maximum absolute atomic E-state index is 13.1. The lowest BCUT2D eigenvalue weighted by atomic mass is 9.94. The Kier molecular flexibility index (Phi) is 7.01. The predicted molar refractivity (Wildman–Crippen MR) is 131 cm³/mol. The molecule has 5 nitrogen and oxygen atoms in total. The number of carbonyl (C=O) groups is 1. The summed E-state index contributed by atoms with van der Waals surface area (Å²) in [5.41, 5.74) is 3.23. The minimum atomic E-state index is -0.0488. The minimum Gasteiger partial charge on any atom is -0.496 e. The van der Waals surface area contributed by atoms with Gasteiger partial charge in [-0.1, -0.05) is 36.9 Å². The van der Waals surface area contributed by atoms with Crippen LogP contribution in [0.4, 0.5) is 0 Å². The molecule has 0 aromatic heterocycles. The molecule has 1 aliphatic carbocycles. The van der Waals surface area contributed by atoms with Crippen LogP contribution in [0, 0.1) is 6.92 Å². The maximum atomic E-state index is 13.1. The zero-order chi connectivity index (χ0) is 22.7. The first kappa shape index (κ1) is 22.6. The average molecular weight is 471 g/mol. The van der Waals surface area contributed by atoms with Crippen LogP contribution in [-0.2, 0) is 11.4 Å². The number of hydrogen-bond donors (Lipinski definition) is 1. The summed E-state index contributed by atoms with van der Waals surface area (Å²) in [6, 6.07) is 11.5. The fourth-order valence-corrected chi connectivity index (χ4v) is 4.89. The second-order valence-electron chi connectivity index (χ2n) is 8.22. The van der Waals surface area contributed by atoms with Gasteiger partial charge in [0.1, 0.15) is 23.8 Å². The number of ether oxygens (including phenoxy) is 2. The number of carbonyl (C=O) groups excluding carboxylic acids is 1. The van der Waals surface area contributed by atoms with Crippen LogP contribution in [0.15, 0.2) is 42.1 Å². The van der Waals surface area contributed by atoms with E-state index < -0.39 is 0 Å². The molecule has 4 rings (SSSR count). The molecule has 1 heterocycles. The number of halogens is 1. The van der Waals surface area contributed by atoms with Crippen LogP contribution in [0.1, 0.15) is 48.8 Å². The normalized spacial score (nSPS) is 18.2. The van der Waals surface area contributed by atoms with E-state index in [1.54, 1.807) is 18.1 Å². The highest BCUT2D eigenvalue weighted by Gasteiger charge is 2.36. The first-order chi connectivity index (χ1) is 15.5. The number of hydrogen-bond acceptors (Lipinski definition) is 4. The monoisotopic (exact) mass is 470 g/mol. The van der Waals surface area contributed by atoms with E-state index in [9.17, 15) is 4.79 Å². The van der Waals surface area contributed by atoms with Crippen molar-refractivity contribution in [2.45, 2.75) is 51.7 Å². The summed E-state index contributed by atoms with van der Waals surface area (Å²) < 4.78 is 11.5. The van der Waals surface area contributed by atoms with Crippen molar-refractivity contribution in [1.29, 1.82) is 0 Å². The zero-order valence-corrected chi connectivity index (χ0v) is 19.9. The Bertz CT molecular complexity index is 1060. The van der Waals surface area contributed by atoms with Crippen molar-refractivity contribution in [3.05, 3.63) is 63.8 Å². The molecule has 0 spiro atoms. The van der Waals surface area contributed by atoms with E-state index in [0.29, 0.717) is 22.4 Å². The molecule has 2 fully saturated rings. The van der Waals surface area contributed by atoms with Crippen LogP contribution in [0.2, 0.25) is 5.02 Å². The van der Waals surface area contributed by atoms with Gasteiger partial charge in [-0.2, -0.15) is 0 Å². The predicted octanol–water partition coefficient (Wildman–Crippen LogP) is 5.63. The topological polar surface area (TPSA) is 50.8 Å². The van der Waals surface area contributed by atoms with Crippen molar-refractivity contribution < 1.29 is 14.3 Å². The smallest absolute Gasteiger partial charge is 0.276 e. The number of aryl methyl sites for hydroxylation is 1. The average Bonchev–Trinajstić information content (AvgIpc) is 3.06. The number of nitrogens with one attached hydrogen (secondary N) is 1. The molecular weight excluding hydrogens is 444 g/mol. The molecule has 2 aromatic rings. The second kappa shape index (κ2) is 9.92. The summed E-state index contributed by atoms with van der Waals surface area (Å²) in [4.78, 5) is 14.8. The highest BCUT2D eigenvalue weighted by atomic mass is 35.5. The van der Waals surface area contributed by atoms with E-state index in [-0.39, 0.29) is 11.9 Å². The summed E-state index contributed by atoms with van der Waals surface area (Å²) in [5.74, 6) is 1.44. The summed E-state index contributed by atoms with van der Waals surface area (Å²) >= 11 is 11.5. The van der Waals surface area contributed by atoms with Gasteiger partial charge in [0.25, 0.3) is 5.91 Å². The molecular formula is C25H27ClN2O3S. The van der Waals surface area contributed by atoms with Gasteiger partial charge >= 0.3 is 0 Å². The molecule has 0 unspecified atom stereocenters. The number of nitrogens with zero attached hydrogens (tertiary/aromatic N) is 1. The van der Waals surface area contributed by atoms with Gasteiger partial charge in [-0.15, -0.1) is 0 Å². The van der Waals surface area contributed by atoms with Crippen LogP contribution in [0.25, 0.3) is 6.08 Å². The summed E-state index contributed by atoms with van der Waals surface area (Å²) in [5, 5.41) is 4.29. The van der Waals surface area contributed by atoms with E-state index in [0.717, 1.165) is 53.9 Å². The molecule has 2 aliphatic rings. The van der Waals surface area contributed by atoms with Gasteiger partial charge in [0.05, 0.1) is 7.11 Å². The highest BCUT2D eigenvalue weighted by Crippen LogP contribution is 2.29. The number of rotatable bonds is 6. The lowest BCUT2D eigenvalue weighted by Crippen LogP contribution is -2.41. The number of benzene rings is 2. The molecule has 1 amide bonds. The lowest BCUT2D eigenvalue weighted by Gasteiger charge is -2.29. The van der Waals surface area contributed by atoms with Gasteiger partial charge in [0.15, 0.2) is 5.11 Å². The molecule has 2 aromatic carbocycles. The molecule has 0 atom stereocenters. The van der Waals surface area contributed by atoms with Crippen molar-refractivity contribution in [1.82, 2.24) is 10.2 Å². The van der Waals surface area contributed by atoms with Crippen LogP contribution in [0.5, 0.6) is 11.5 Å². The Morgan fingerprint density at radius 3 is 2.62 bits per heavy atom. The molecule has 0 bridgehead atoms. The van der Waals surface area contributed by atoms with Crippen LogP contribution >= 0.6 is 23.8 Å². The summed E-state index contributed by atoms with van der Waals surface area (Å²) in [6.07, 6.45) is 7.38. The number of thiocarbonyl (C=S) groups is 1. The maximum Gasteiger partial charge on any atom is 0.276 e. The molecule has 1 N–H and O–H groups in total. The molecule has 0 radical (unpaired) electrons. The third kappa shape index (κ3) is 4.92. The zero-order valence-electron chi connectivity index (χ0n) is 18.3. The molecule has 1 saturated carbocycles. The van der Waals surface area contributed by atoms with Crippen LogP contribution in [0.3, 0.4) is 0 Å². The Balaban J connectivity index is 1.53. The van der Waals surface area contributed by atoms with Crippen LogP contribution in [-0.4, -0.2) is 29.1 Å². The van der Waals surface area contributed by atoms with Gasteiger partial charge in [0.2, 0.25) is 0 Å². The third-order valence-electron chi connectivity index (χ3n) is 5.99. The van der Waals surface area contributed by atoms with E-state index in [2.05, 4.69) is 5.32 Å². The Hall–Kier alpha value is -2.57. The van der Waals surface area contributed by atoms with Crippen molar-refractivity contribution in [3.8, 4) is 11.5 Å². The van der Waals surface area contributed by atoms with E-state index in [4.69, 9.17) is 33.3 Å². The van der Waals surface area contributed by atoms with E-state index in [1.807, 2.05) is 43.3 Å². The van der Waals surface area contributed by atoms with Crippen molar-refractivity contribution in [3.63, 3.8) is 0 Å². The quantitative estimate of drug-likeness (QED) is 0.438. The number of amides is 1. The summed E-state index contributed by atoms with van der Waals surface area (Å²) in [6.45, 7) is 2.29. The van der Waals surface area contributed by atoms with E-state index in [1.165, 1.54) is 6.42 Å². The largest absolute Gasteiger partial charge is 0.496 e. The third-order valence-corrected chi connectivity index (χ3v) is 6.52. The first-order valence-corrected chi connectivity index (χ1v) is 11.7. The van der Waals surface area contributed by atoms with Crippen LogP contribution < -0.4 is 14.8 Å². The van der Waals surface area contributed by atoms with Gasteiger partial charge in [-0.25, -0.2) is 0 Å². The highest BCUT2D eigenvalue weighted by molar-refractivity contribution is 7.80. The fraction of sp³-hybridized carbons (Fsp3) is 0.360. The Morgan fingerprint density at radius 1 is 1.16 bits per heavy atom. The van der Waals surface area contributed by atoms with Crippen molar-refractivity contribution in [2.75, 3.05) is 7.11 Å². The van der Waals surface area contributed by atoms with Gasteiger partial charge in [-0.05, 0) is 79.5 Å². The second-order valence-corrected chi connectivity index (χ2v) is 9.05. The summed E-state index contributed by atoms with van der Waals surface area (Å²) in [7, 11) is 1.63. The van der Waals surface area contributed by atoms with Gasteiger partial charge in [-0.3, -0.25) is 9.69 Å². The fourth-order valence-electron chi connectivity index (χ4n) is 4.32. The molecule has 1 saturated heterocycles. The van der Waals surface area contributed by atoms with E-state index >= 15 is 0 Å². The Morgan fingerprint density at radius 2 is 1.91 bits per heavy atom. The molecule has 168 valence electrons. The molecule has 1 aliphatic heterocycles. The SMILES string of the molecule is COc1ccc(/C=C2/NC(=S)N(C3CCCCC3)C2=O)cc1COc1ccc(Cl)cc1C. The lowest BCUT2D eigenvalue weighted by molar-refractivity contribution is -0.124. The minimum absolute atomic E-state index is 0.0488. The van der Waals surface area contributed by atoms with Crippen molar-refractivity contribution >= 4 is 40.9 Å². The Labute approximate surface area is 199 Å². The standard InChI is InChI=1S/C25H27ClN2O3S/c1-16-12-19(26)9-11-22(16)31-15-18-13-17(8-10-23(18)30-2)14-21-24(29)28(25(32)27-21)20-6-4-3-5-7-20/h8-14,20H,3-7,15H2,1-2H3,(H,27,32)/b21-14+. The molecule has 7 heteroatoms. The number of methoxy groups -OCH3 is 1. The van der Waals surface area contributed by atoms with Crippen molar-refractivity contribution in [2.24, 2.45) is 0 Å². The molecule has 32 heavy (non-hydrogen) atoms. The van der Waals surface area contributed by atoms with Gasteiger partial charge < -0.3 is 14.8 Å². The van der Waals surface area contributed by atoms with Gasteiger partial charge in [0, 0.05) is 16.6 Å². The first-order valence-electron chi connectivity index (χ1n) is 10.9.